The summed E-state index contributed by atoms with van der Waals surface area (Å²) in [7, 11) is 0. The van der Waals surface area contributed by atoms with Gasteiger partial charge in [0.25, 0.3) is 0 Å². The molecule has 1 aromatic rings. The average molecular weight is 237 g/mol. The molecule has 0 atom stereocenters. The lowest BCUT2D eigenvalue weighted by molar-refractivity contribution is 0.101. The molecule has 2 fully saturated rings. The van der Waals surface area contributed by atoms with Gasteiger partial charge in [0.05, 0.1) is 5.41 Å². The minimum absolute atomic E-state index is 0.616. The van der Waals surface area contributed by atoms with Crippen LogP contribution in [0, 0.1) is 0 Å². The summed E-state index contributed by atoms with van der Waals surface area (Å²) < 4.78 is 26.3. The number of nitrogens with one attached hydrogen (secondary N) is 1. The molecule has 0 amide bonds. The Morgan fingerprint density at radius 3 is 2.53 bits per heavy atom. The lowest BCUT2D eigenvalue weighted by Gasteiger charge is -2.19. The van der Waals surface area contributed by atoms with Crippen LogP contribution in [0.4, 0.5) is 8.78 Å². The molecule has 0 unspecified atom stereocenters. The van der Waals surface area contributed by atoms with Crippen molar-refractivity contribution >= 4 is 0 Å². The first-order chi connectivity index (χ1) is 8.22. The first kappa shape index (κ1) is 11.1. The van der Waals surface area contributed by atoms with E-state index in [0.717, 1.165) is 17.7 Å². The summed E-state index contributed by atoms with van der Waals surface area (Å²) in [4.78, 5) is 0. The van der Waals surface area contributed by atoms with Gasteiger partial charge in [0.1, 0.15) is 0 Å². The van der Waals surface area contributed by atoms with Crippen molar-refractivity contribution < 1.29 is 8.78 Å². The van der Waals surface area contributed by atoms with Crippen LogP contribution >= 0.6 is 0 Å². The molecule has 0 saturated heterocycles. The number of hydrogen-bond acceptors (Lipinski definition) is 1. The number of halogens is 2. The monoisotopic (exact) mass is 237 g/mol. The van der Waals surface area contributed by atoms with Gasteiger partial charge in [-0.1, -0.05) is 24.3 Å². The lowest BCUT2D eigenvalue weighted by Crippen LogP contribution is -2.23. The molecule has 92 valence electrons. The SMILES string of the molecule is FC(F)C1(c2ccccc2CNC2CC2)CC1. The highest BCUT2D eigenvalue weighted by molar-refractivity contribution is 5.39. The quantitative estimate of drug-likeness (QED) is 0.829. The summed E-state index contributed by atoms with van der Waals surface area (Å²) in [6.45, 7) is 0.731. The molecule has 17 heavy (non-hydrogen) atoms. The molecule has 2 aliphatic carbocycles. The zero-order chi connectivity index (χ0) is 11.9. The molecule has 0 spiro atoms. The summed E-state index contributed by atoms with van der Waals surface area (Å²) in [5.74, 6) is 0. The van der Waals surface area contributed by atoms with E-state index in [4.69, 9.17) is 0 Å². The molecule has 0 aromatic heterocycles. The summed E-state index contributed by atoms with van der Waals surface area (Å²) >= 11 is 0. The van der Waals surface area contributed by atoms with E-state index in [1.54, 1.807) is 0 Å². The minimum Gasteiger partial charge on any atom is -0.310 e. The fraction of sp³-hybridized carbons (Fsp3) is 0.571. The number of alkyl halides is 2. The van der Waals surface area contributed by atoms with Gasteiger partial charge in [-0.15, -0.1) is 0 Å². The van der Waals surface area contributed by atoms with Gasteiger partial charge in [-0.2, -0.15) is 0 Å². The maximum atomic E-state index is 13.1. The summed E-state index contributed by atoms with van der Waals surface area (Å²) in [5, 5.41) is 3.41. The Morgan fingerprint density at radius 1 is 1.24 bits per heavy atom. The molecule has 2 aliphatic rings. The predicted octanol–water partition coefficient (Wildman–Crippen LogP) is 3.24. The Balaban J connectivity index is 1.82. The van der Waals surface area contributed by atoms with Crippen LogP contribution in [0.3, 0.4) is 0 Å². The molecule has 0 bridgehead atoms. The number of rotatable bonds is 5. The van der Waals surface area contributed by atoms with E-state index in [2.05, 4.69) is 5.32 Å². The number of hydrogen-bond donors (Lipinski definition) is 1. The predicted molar refractivity (Wildman–Crippen MR) is 63.2 cm³/mol. The Labute approximate surface area is 100 Å². The smallest absolute Gasteiger partial charge is 0.248 e. The van der Waals surface area contributed by atoms with Crippen LogP contribution in [0.2, 0.25) is 0 Å². The van der Waals surface area contributed by atoms with Crippen molar-refractivity contribution in [2.45, 2.75) is 50.1 Å². The highest BCUT2D eigenvalue weighted by Gasteiger charge is 2.53. The van der Waals surface area contributed by atoms with Crippen molar-refractivity contribution in [3.63, 3.8) is 0 Å². The third-order valence-corrected chi connectivity index (χ3v) is 3.92. The zero-order valence-corrected chi connectivity index (χ0v) is 9.76. The van der Waals surface area contributed by atoms with Gasteiger partial charge in [0, 0.05) is 12.6 Å². The van der Waals surface area contributed by atoms with E-state index in [1.807, 2.05) is 24.3 Å². The molecular formula is C14H17F2N. The highest BCUT2D eigenvalue weighted by atomic mass is 19.3. The molecule has 2 saturated carbocycles. The van der Waals surface area contributed by atoms with Crippen molar-refractivity contribution in [2.75, 3.05) is 0 Å². The molecule has 1 N–H and O–H groups in total. The van der Waals surface area contributed by atoms with E-state index in [-0.39, 0.29) is 0 Å². The normalized spacial score (nSPS) is 21.8. The molecule has 3 heteroatoms. The summed E-state index contributed by atoms with van der Waals surface area (Å²) in [6.07, 6.45) is 1.48. The third kappa shape index (κ3) is 2.08. The molecule has 0 heterocycles. The maximum absolute atomic E-state index is 13.1. The standard InChI is InChI=1S/C14H17F2N/c15-13(16)14(7-8-14)12-4-2-1-3-10(12)9-17-11-5-6-11/h1-4,11,13,17H,5-9H2. The molecule has 3 rings (SSSR count). The summed E-state index contributed by atoms with van der Waals surface area (Å²) in [6, 6.07) is 8.29. The van der Waals surface area contributed by atoms with Crippen LogP contribution in [0.25, 0.3) is 0 Å². The fourth-order valence-electron chi connectivity index (χ4n) is 2.44. The van der Waals surface area contributed by atoms with Crippen molar-refractivity contribution in [1.29, 1.82) is 0 Å². The van der Waals surface area contributed by atoms with Crippen molar-refractivity contribution in [2.24, 2.45) is 0 Å². The fourth-order valence-corrected chi connectivity index (χ4v) is 2.44. The molecular weight excluding hydrogens is 220 g/mol. The van der Waals surface area contributed by atoms with E-state index in [1.165, 1.54) is 12.8 Å². The van der Waals surface area contributed by atoms with Gasteiger partial charge < -0.3 is 5.32 Å². The molecule has 0 radical (unpaired) electrons. The van der Waals surface area contributed by atoms with Gasteiger partial charge in [-0.25, -0.2) is 8.78 Å². The second-order valence-corrected chi connectivity index (χ2v) is 5.27. The van der Waals surface area contributed by atoms with E-state index >= 15 is 0 Å². The Kier molecular flexibility index (Phi) is 2.66. The molecule has 1 nitrogen and oxygen atoms in total. The average Bonchev–Trinajstić information content (AvgIpc) is 3.20. The topological polar surface area (TPSA) is 12.0 Å². The van der Waals surface area contributed by atoms with Crippen molar-refractivity contribution in [1.82, 2.24) is 5.32 Å². The van der Waals surface area contributed by atoms with Crippen LogP contribution in [-0.2, 0) is 12.0 Å². The first-order valence-electron chi connectivity index (χ1n) is 6.32. The largest absolute Gasteiger partial charge is 0.310 e. The highest BCUT2D eigenvalue weighted by Crippen LogP contribution is 2.53. The zero-order valence-electron chi connectivity index (χ0n) is 9.76. The second-order valence-electron chi connectivity index (χ2n) is 5.27. The van der Waals surface area contributed by atoms with Gasteiger partial charge in [-0.05, 0) is 36.8 Å². The number of benzene rings is 1. The maximum Gasteiger partial charge on any atom is 0.248 e. The van der Waals surface area contributed by atoms with E-state index in [9.17, 15) is 8.78 Å². The van der Waals surface area contributed by atoms with Crippen LogP contribution in [0.15, 0.2) is 24.3 Å². The second kappa shape index (κ2) is 4.05. The van der Waals surface area contributed by atoms with Gasteiger partial charge >= 0.3 is 0 Å². The Hall–Kier alpha value is -0.960. The lowest BCUT2D eigenvalue weighted by atomic mass is 9.91. The van der Waals surface area contributed by atoms with E-state index < -0.39 is 11.8 Å². The van der Waals surface area contributed by atoms with Crippen molar-refractivity contribution in [3.05, 3.63) is 35.4 Å². The third-order valence-electron chi connectivity index (χ3n) is 3.92. The van der Waals surface area contributed by atoms with Gasteiger partial charge in [-0.3, -0.25) is 0 Å². The van der Waals surface area contributed by atoms with Crippen molar-refractivity contribution in [3.8, 4) is 0 Å². The molecule has 0 aliphatic heterocycles. The first-order valence-corrected chi connectivity index (χ1v) is 6.32. The van der Waals surface area contributed by atoms with Gasteiger partial charge in [0.2, 0.25) is 6.43 Å². The Morgan fingerprint density at radius 2 is 1.94 bits per heavy atom. The molecule has 1 aromatic carbocycles. The summed E-state index contributed by atoms with van der Waals surface area (Å²) in [5.41, 5.74) is 1.09. The van der Waals surface area contributed by atoms with Crippen LogP contribution in [0.1, 0.15) is 36.8 Å². The minimum atomic E-state index is -2.23. The van der Waals surface area contributed by atoms with Crippen LogP contribution in [-0.4, -0.2) is 12.5 Å². The van der Waals surface area contributed by atoms with Crippen LogP contribution < -0.4 is 5.32 Å². The Bertz CT molecular complexity index is 408. The van der Waals surface area contributed by atoms with Crippen LogP contribution in [0.5, 0.6) is 0 Å². The van der Waals surface area contributed by atoms with E-state index in [0.29, 0.717) is 18.9 Å². The van der Waals surface area contributed by atoms with Gasteiger partial charge in [0.15, 0.2) is 0 Å².